The Morgan fingerprint density at radius 1 is 1.48 bits per heavy atom. The number of hydrogen-bond donors (Lipinski definition) is 3. The van der Waals surface area contributed by atoms with Gasteiger partial charge in [-0.25, -0.2) is 0 Å². The van der Waals surface area contributed by atoms with E-state index < -0.39 is 6.04 Å². The fourth-order valence-electron chi connectivity index (χ4n) is 3.38. The van der Waals surface area contributed by atoms with Gasteiger partial charge in [-0.1, -0.05) is 0 Å². The van der Waals surface area contributed by atoms with Crippen LogP contribution in [0.25, 0.3) is 0 Å². The second kappa shape index (κ2) is 6.32. The van der Waals surface area contributed by atoms with E-state index in [1.165, 1.54) is 0 Å². The van der Waals surface area contributed by atoms with Crippen molar-refractivity contribution in [3.63, 3.8) is 0 Å². The minimum absolute atomic E-state index is 0.0475. The molecule has 0 spiro atoms. The monoisotopic (exact) mass is 296 g/mol. The molecule has 6 nitrogen and oxygen atoms in total. The molecule has 0 saturated carbocycles. The molecule has 120 valence electrons. The summed E-state index contributed by atoms with van der Waals surface area (Å²) in [6, 6.07) is -0.478. The lowest BCUT2D eigenvalue weighted by molar-refractivity contribution is -0.144. The number of carbonyl (C=O) groups is 2. The maximum atomic E-state index is 12.9. The molecule has 0 aromatic carbocycles. The third-order valence-corrected chi connectivity index (χ3v) is 4.88. The first-order valence-corrected chi connectivity index (χ1v) is 7.95. The quantitative estimate of drug-likeness (QED) is 0.695. The normalized spacial score (nSPS) is 34.9. The van der Waals surface area contributed by atoms with Gasteiger partial charge < -0.3 is 15.5 Å². The van der Waals surface area contributed by atoms with Gasteiger partial charge in [-0.2, -0.15) is 0 Å². The molecule has 2 fully saturated rings. The van der Waals surface area contributed by atoms with Gasteiger partial charge in [-0.3, -0.25) is 14.9 Å². The summed E-state index contributed by atoms with van der Waals surface area (Å²) < 4.78 is 0. The molecule has 4 atom stereocenters. The topological polar surface area (TPSA) is 73.5 Å². The Balaban J connectivity index is 2.15. The molecule has 6 heteroatoms. The van der Waals surface area contributed by atoms with Crippen molar-refractivity contribution >= 4 is 11.8 Å². The molecule has 2 aliphatic rings. The van der Waals surface area contributed by atoms with E-state index >= 15 is 0 Å². The molecule has 0 bridgehead atoms. The lowest BCUT2D eigenvalue weighted by atomic mass is 10.0. The van der Waals surface area contributed by atoms with Crippen LogP contribution in [0.1, 0.15) is 46.5 Å². The molecule has 2 rings (SSSR count). The zero-order chi connectivity index (χ0) is 15.6. The van der Waals surface area contributed by atoms with Crippen molar-refractivity contribution in [1.29, 1.82) is 0 Å². The fraction of sp³-hybridized carbons (Fsp3) is 0.867. The first kappa shape index (κ1) is 16.2. The first-order valence-electron chi connectivity index (χ1n) is 7.95. The van der Waals surface area contributed by atoms with Gasteiger partial charge in [-0.15, -0.1) is 0 Å². The Morgan fingerprint density at radius 2 is 2.19 bits per heavy atom. The molecule has 3 N–H and O–H groups in total. The van der Waals surface area contributed by atoms with Crippen LogP contribution in [-0.4, -0.2) is 54.1 Å². The summed E-state index contributed by atoms with van der Waals surface area (Å²) in [5.41, 5.74) is -0.269. The lowest BCUT2D eigenvalue weighted by Crippen LogP contribution is -2.63. The minimum Gasteiger partial charge on any atom is -0.343 e. The van der Waals surface area contributed by atoms with Crippen LogP contribution in [0.15, 0.2) is 0 Å². The van der Waals surface area contributed by atoms with Crippen molar-refractivity contribution in [3.05, 3.63) is 0 Å². The summed E-state index contributed by atoms with van der Waals surface area (Å²) >= 11 is 0. The molecular weight excluding hydrogens is 268 g/mol. The number of rotatable bonds is 3. The third kappa shape index (κ3) is 3.21. The second-order valence-corrected chi connectivity index (χ2v) is 6.51. The Labute approximate surface area is 127 Å². The molecule has 21 heavy (non-hydrogen) atoms. The van der Waals surface area contributed by atoms with E-state index in [9.17, 15) is 9.59 Å². The highest BCUT2D eigenvalue weighted by Gasteiger charge is 2.46. The average Bonchev–Trinajstić information content (AvgIpc) is 2.74. The summed E-state index contributed by atoms with van der Waals surface area (Å²) in [6.07, 6.45) is 3.55. The van der Waals surface area contributed by atoms with Crippen molar-refractivity contribution in [1.82, 2.24) is 20.9 Å². The second-order valence-electron chi connectivity index (χ2n) is 6.51. The predicted molar refractivity (Wildman–Crippen MR) is 81.6 cm³/mol. The Bertz CT molecular complexity index is 414. The highest BCUT2D eigenvalue weighted by molar-refractivity contribution is 5.90. The van der Waals surface area contributed by atoms with Crippen molar-refractivity contribution in [2.24, 2.45) is 0 Å². The standard InChI is InChI=1S/C15H28N4O2/c1-10-7-8-15(3)17-9-5-6-12(14(21)19(10)15)18-13(20)11(2)16-4/h10-12,16-17H,5-9H2,1-4H3,(H,18,20)/t10?,11-,12-,15?/m0/s1. The third-order valence-electron chi connectivity index (χ3n) is 4.88. The Morgan fingerprint density at radius 3 is 2.86 bits per heavy atom. The van der Waals surface area contributed by atoms with E-state index in [4.69, 9.17) is 0 Å². The van der Waals surface area contributed by atoms with E-state index in [-0.39, 0.29) is 29.6 Å². The van der Waals surface area contributed by atoms with Crippen molar-refractivity contribution in [2.45, 2.75) is 70.2 Å². The van der Waals surface area contributed by atoms with Crippen molar-refractivity contribution in [3.8, 4) is 0 Å². The predicted octanol–water partition coefficient (Wildman–Crippen LogP) is 0.190. The molecule has 2 amide bonds. The number of carbonyl (C=O) groups excluding carboxylic acids is 2. The van der Waals surface area contributed by atoms with E-state index in [0.717, 1.165) is 25.8 Å². The number of fused-ring (bicyclic) bond motifs is 1. The highest BCUT2D eigenvalue weighted by atomic mass is 16.2. The molecular formula is C15H28N4O2. The van der Waals surface area contributed by atoms with Gasteiger partial charge in [0.25, 0.3) is 0 Å². The van der Waals surface area contributed by atoms with Gasteiger partial charge in [0.15, 0.2) is 0 Å². The van der Waals surface area contributed by atoms with Gasteiger partial charge >= 0.3 is 0 Å². The summed E-state index contributed by atoms with van der Waals surface area (Å²) in [6.45, 7) is 6.85. The van der Waals surface area contributed by atoms with Gasteiger partial charge in [0.05, 0.1) is 11.7 Å². The average molecular weight is 296 g/mol. The van der Waals surface area contributed by atoms with E-state index in [1.807, 2.05) is 4.90 Å². The van der Waals surface area contributed by atoms with Gasteiger partial charge in [0.2, 0.25) is 11.8 Å². The highest BCUT2D eigenvalue weighted by Crippen LogP contribution is 2.33. The Hall–Kier alpha value is -1.14. The lowest BCUT2D eigenvalue weighted by Gasteiger charge is -2.42. The summed E-state index contributed by atoms with van der Waals surface area (Å²) in [5.74, 6) is -0.0655. The largest absolute Gasteiger partial charge is 0.343 e. The summed E-state index contributed by atoms with van der Waals surface area (Å²) in [5, 5.41) is 9.34. The van der Waals surface area contributed by atoms with Crippen LogP contribution in [0.5, 0.6) is 0 Å². The first-order chi connectivity index (χ1) is 9.89. The van der Waals surface area contributed by atoms with Crippen LogP contribution in [0.4, 0.5) is 0 Å². The number of nitrogens with zero attached hydrogens (tertiary/aromatic N) is 1. The molecule has 2 unspecified atom stereocenters. The molecule has 0 aliphatic carbocycles. The number of hydrogen-bond acceptors (Lipinski definition) is 4. The molecule has 0 aromatic rings. The van der Waals surface area contributed by atoms with E-state index in [1.54, 1.807) is 14.0 Å². The zero-order valence-corrected chi connectivity index (χ0v) is 13.5. The van der Waals surface area contributed by atoms with Gasteiger partial charge in [-0.05, 0) is 60.0 Å². The van der Waals surface area contributed by atoms with Crippen molar-refractivity contribution in [2.75, 3.05) is 13.6 Å². The maximum Gasteiger partial charge on any atom is 0.246 e. The van der Waals surface area contributed by atoms with Gasteiger partial charge in [0, 0.05) is 6.04 Å². The van der Waals surface area contributed by atoms with Crippen LogP contribution >= 0.6 is 0 Å². The maximum absolute atomic E-state index is 12.9. The summed E-state index contributed by atoms with van der Waals surface area (Å²) in [7, 11) is 1.74. The smallest absolute Gasteiger partial charge is 0.246 e. The Kier molecular flexibility index (Phi) is 4.88. The minimum atomic E-state index is -0.407. The molecule has 2 saturated heterocycles. The fourth-order valence-corrected chi connectivity index (χ4v) is 3.38. The zero-order valence-electron chi connectivity index (χ0n) is 13.5. The molecule has 2 aliphatic heterocycles. The van der Waals surface area contributed by atoms with Crippen LogP contribution in [0, 0.1) is 0 Å². The molecule has 2 heterocycles. The van der Waals surface area contributed by atoms with E-state index in [2.05, 4.69) is 29.8 Å². The number of amides is 2. The molecule has 0 radical (unpaired) electrons. The number of likely N-dealkylation sites (N-methyl/N-ethyl adjacent to an activating group) is 1. The van der Waals surface area contributed by atoms with Crippen LogP contribution < -0.4 is 16.0 Å². The number of nitrogens with one attached hydrogen (secondary N) is 3. The van der Waals surface area contributed by atoms with Crippen molar-refractivity contribution < 1.29 is 9.59 Å². The molecule has 0 aromatic heterocycles. The van der Waals surface area contributed by atoms with Gasteiger partial charge in [0.1, 0.15) is 6.04 Å². The SMILES string of the molecule is CN[C@@H](C)C(=O)N[C@H]1CCCNC2(C)CCC(C)N2C1=O. The van der Waals surface area contributed by atoms with Crippen LogP contribution in [0.2, 0.25) is 0 Å². The van der Waals surface area contributed by atoms with Crippen LogP contribution in [-0.2, 0) is 9.59 Å². The summed E-state index contributed by atoms with van der Waals surface area (Å²) in [4.78, 5) is 26.9. The van der Waals surface area contributed by atoms with Crippen LogP contribution in [0.3, 0.4) is 0 Å². The van der Waals surface area contributed by atoms with E-state index in [0.29, 0.717) is 6.42 Å².